The Balaban J connectivity index is 2.07. The fourth-order valence-electron chi connectivity index (χ4n) is 1.80. The van der Waals surface area contributed by atoms with Crippen molar-refractivity contribution in [1.29, 1.82) is 5.26 Å². The van der Waals surface area contributed by atoms with Gasteiger partial charge in [-0.05, 0) is 35.9 Å². The molecule has 5 heteroatoms. The minimum Gasteiger partial charge on any atom is -0.399 e. The van der Waals surface area contributed by atoms with Crippen molar-refractivity contribution >= 4 is 27.3 Å². The lowest BCUT2D eigenvalue weighted by Crippen LogP contribution is -2.13. The average Bonchev–Trinajstić information content (AvgIpc) is 2.45. The number of benzene rings is 2. The Morgan fingerprint density at radius 1 is 1.25 bits per heavy atom. The van der Waals surface area contributed by atoms with E-state index < -0.39 is 6.10 Å². The van der Waals surface area contributed by atoms with Gasteiger partial charge in [-0.25, -0.2) is 0 Å². The molecule has 2 aromatic carbocycles. The summed E-state index contributed by atoms with van der Waals surface area (Å²) in [6, 6.07) is 14.5. The smallest absolute Gasteiger partial charge is 0.101 e. The van der Waals surface area contributed by atoms with E-state index in [1.807, 2.05) is 6.07 Å². The van der Waals surface area contributed by atoms with Crippen LogP contribution in [-0.2, 0) is 0 Å². The number of rotatable bonds is 4. The molecule has 0 saturated carbocycles. The molecule has 1 unspecified atom stereocenters. The van der Waals surface area contributed by atoms with Gasteiger partial charge in [0.05, 0.1) is 17.4 Å². The predicted octanol–water partition coefficient (Wildman–Crippen LogP) is 3.05. The van der Waals surface area contributed by atoms with E-state index in [0.29, 0.717) is 23.5 Å². The average molecular weight is 332 g/mol. The number of nitrogens with two attached hydrogens (primary N) is 1. The number of hydrogen-bond acceptors (Lipinski definition) is 4. The molecule has 1 atom stereocenters. The molecule has 4 N–H and O–H groups in total. The van der Waals surface area contributed by atoms with Gasteiger partial charge in [-0.15, -0.1) is 0 Å². The molecule has 4 nitrogen and oxygen atoms in total. The van der Waals surface area contributed by atoms with Crippen LogP contribution in [0.15, 0.2) is 46.9 Å². The minimum atomic E-state index is -0.666. The highest BCUT2D eigenvalue weighted by Gasteiger charge is 2.09. The van der Waals surface area contributed by atoms with E-state index in [9.17, 15) is 5.11 Å². The lowest BCUT2D eigenvalue weighted by Gasteiger charge is -2.14. The molecule has 0 heterocycles. The molecule has 0 bridgehead atoms. The van der Waals surface area contributed by atoms with Crippen LogP contribution in [0.1, 0.15) is 17.2 Å². The lowest BCUT2D eigenvalue weighted by molar-refractivity contribution is 0.191. The second kappa shape index (κ2) is 6.42. The van der Waals surface area contributed by atoms with Gasteiger partial charge in [0.1, 0.15) is 6.07 Å². The van der Waals surface area contributed by atoms with Crippen LogP contribution in [-0.4, -0.2) is 11.7 Å². The molecule has 0 aromatic heterocycles. The standard InChI is InChI=1S/C15H14BrN3O/c16-12-4-1-11(8-17)14(7-12)19-9-15(20)10-2-5-13(18)6-3-10/h1-7,15,19-20H,9,18H2. The molecule has 0 aliphatic carbocycles. The second-order valence-corrected chi connectivity index (χ2v) is 5.28. The van der Waals surface area contributed by atoms with Crippen molar-refractivity contribution in [2.45, 2.75) is 6.10 Å². The third kappa shape index (κ3) is 3.50. The molecule has 2 aromatic rings. The first-order valence-electron chi connectivity index (χ1n) is 6.07. The van der Waals surface area contributed by atoms with Gasteiger partial charge in [0, 0.05) is 16.7 Å². The quantitative estimate of drug-likeness (QED) is 0.752. The molecular weight excluding hydrogens is 318 g/mol. The molecule has 0 amide bonds. The number of anilines is 2. The molecule has 0 radical (unpaired) electrons. The predicted molar refractivity (Wildman–Crippen MR) is 83.2 cm³/mol. The van der Waals surface area contributed by atoms with Crippen LogP contribution in [0.3, 0.4) is 0 Å². The fourth-order valence-corrected chi connectivity index (χ4v) is 2.16. The zero-order valence-electron chi connectivity index (χ0n) is 10.7. The zero-order chi connectivity index (χ0) is 14.5. The highest BCUT2D eigenvalue weighted by Crippen LogP contribution is 2.22. The normalized spacial score (nSPS) is 11.7. The van der Waals surface area contributed by atoms with E-state index in [4.69, 9.17) is 11.0 Å². The number of aliphatic hydroxyl groups is 1. The largest absolute Gasteiger partial charge is 0.399 e. The number of nitrogens with zero attached hydrogens (tertiary/aromatic N) is 1. The summed E-state index contributed by atoms with van der Waals surface area (Å²) in [4.78, 5) is 0. The van der Waals surface area contributed by atoms with Gasteiger partial charge in [0.15, 0.2) is 0 Å². The molecular formula is C15H14BrN3O. The highest BCUT2D eigenvalue weighted by molar-refractivity contribution is 9.10. The molecule has 20 heavy (non-hydrogen) atoms. The summed E-state index contributed by atoms with van der Waals surface area (Å²) in [6.07, 6.45) is -0.666. The van der Waals surface area contributed by atoms with Crippen LogP contribution in [0.25, 0.3) is 0 Å². The van der Waals surface area contributed by atoms with Crippen LogP contribution in [0, 0.1) is 11.3 Å². The number of nitrogen functional groups attached to an aromatic ring is 1. The van der Waals surface area contributed by atoms with Gasteiger partial charge in [-0.1, -0.05) is 28.1 Å². The van der Waals surface area contributed by atoms with E-state index >= 15 is 0 Å². The van der Waals surface area contributed by atoms with E-state index in [1.165, 1.54) is 0 Å². The number of aliphatic hydroxyl groups excluding tert-OH is 1. The van der Waals surface area contributed by atoms with Gasteiger partial charge < -0.3 is 16.2 Å². The van der Waals surface area contributed by atoms with E-state index in [1.54, 1.807) is 36.4 Å². The topological polar surface area (TPSA) is 82.1 Å². The van der Waals surface area contributed by atoms with Gasteiger partial charge in [-0.2, -0.15) is 5.26 Å². The molecule has 0 spiro atoms. The van der Waals surface area contributed by atoms with Crippen molar-refractivity contribution in [1.82, 2.24) is 0 Å². The monoisotopic (exact) mass is 331 g/mol. The Labute approximate surface area is 126 Å². The highest BCUT2D eigenvalue weighted by atomic mass is 79.9. The summed E-state index contributed by atoms with van der Waals surface area (Å²) in [7, 11) is 0. The lowest BCUT2D eigenvalue weighted by atomic mass is 10.1. The minimum absolute atomic E-state index is 0.315. The maximum atomic E-state index is 10.1. The Bertz CT molecular complexity index is 635. The van der Waals surface area contributed by atoms with Crippen molar-refractivity contribution in [3.63, 3.8) is 0 Å². The van der Waals surface area contributed by atoms with Crippen molar-refractivity contribution in [2.75, 3.05) is 17.6 Å². The third-order valence-corrected chi connectivity index (χ3v) is 3.40. The molecule has 102 valence electrons. The van der Waals surface area contributed by atoms with Crippen LogP contribution in [0.5, 0.6) is 0 Å². The summed E-state index contributed by atoms with van der Waals surface area (Å²) in [5.74, 6) is 0. The van der Waals surface area contributed by atoms with E-state index in [-0.39, 0.29) is 0 Å². The van der Waals surface area contributed by atoms with E-state index in [2.05, 4.69) is 27.3 Å². The van der Waals surface area contributed by atoms with Crippen LogP contribution in [0.4, 0.5) is 11.4 Å². The summed E-state index contributed by atoms with van der Waals surface area (Å²) < 4.78 is 0.876. The van der Waals surface area contributed by atoms with Gasteiger partial charge in [0.25, 0.3) is 0 Å². The van der Waals surface area contributed by atoms with Gasteiger partial charge in [0.2, 0.25) is 0 Å². The third-order valence-electron chi connectivity index (χ3n) is 2.91. The number of hydrogen-bond donors (Lipinski definition) is 3. The number of halogens is 1. The van der Waals surface area contributed by atoms with Crippen molar-refractivity contribution in [2.24, 2.45) is 0 Å². The molecule has 0 aliphatic heterocycles. The molecule has 0 aliphatic rings. The summed E-state index contributed by atoms with van der Waals surface area (Å²) in [5.41, 5.74) is 8.28. The van der Waals surface area contributed by atoms with Crippen LogP contribution in [0.2, 0.25) is 0 Å². The number of nitriles is 1. The van der Waals surface area contributed by atoms with Crippen LogP contribution < -0.4 is 11.1 Å². The molecule has 2 rings (SSSR count). The fraction of sp³-hybridized carbons (Fsp3) is 0.133. The maximum absolute atomic E-state index is 10.1. The van der Waals surface area contributed by atoms with Gasteiger partial charge in [-0.3, -0.25) is 0 Å². The van der Waals surface area contributed by atoms with Crippen molar-refractivity contribution < 1.29 is 5.11 Å². The number of nitrogens with one attached hydrogen (secondary N) is 1. The molecule has 0 saturated heterocycles. The first-order valence-corrected chi connectivity index (χ1v) is 6.86. The van der Waals surface area contributed by atoms with E-state index in [0.717, 1.165) is 10.0 Å². The first-order chi connectivity index (χ1) is 9.60. The second-order valence-electron chi connectivity index (χ2n) is 4.37. The SMILES string of the molecule is N#Cc1ccc(Br)cc1NCC(O)c1ccc(N)cc1. The summed E-state index contributed by atoms with van der Waals surface area (Å²) in [5, 5.41) is 22.2. The summed E-state index contributed by atoms with van der Waals surface area (Å²) in [6.45, 7) is 0.315. The Kier molecular flexibility index (Phi) is 4.61. The first kappa shape index (κ1) is 14.4. The van der Waals surface area contributed by atoms with Gasteiger partial charge >= 0.3 is 0 Å². The van der Waals surface area contributed by atoms with Crippen LogP contribution >= 0.6 is 15.9 Å². The Morgan fingerprint density at radius 2 is 1.95 bits per heavy atom. The molecule has 0 fully saturated rings. The Morgan fingerprint density at radius 3 is 2.60 bits per heavy atom. The zero-order valence-corrected chi connectivity index (χ0v) is 12.3. The van der Waals surface area contributed by atoms with Crippen molar-refractivity contribution in [3.8, 4) is 6.07 Å². The Hall–Kier alpha value is -2.03. The van der Waals surface area contributed by atoms with Crippen molar-refractivity contribution in [3.05, 3.63) is 58.1 Å². The maximum Gasteiger partial charge on any atom is 0.101 e. The summed E-state index contributed by atoms with van der Waals surface area (Å²) >= 11 is 3.36.